The lowest BCUT2D eigenvalue weighted by Gasteiger charge is -2.15. The Labute approximate surface area is 177 Å². The Kier molecular flexibility index (Phi) is 5.63. The Hall–Kier alpha value is -3.44. The number of hydrogen-bond acceptors (Lipinski definition) is 3. The molecular weight excluding hydrogens is 397 g/mol. The van der Waals surface area contributed by atoms with Crippen LogP contribution in [0.2, 0.25) is 0 Å². The van der Waals surface area contributed by atoms with Gasteiger partial charge in [0.25, 0.3) is 5.56 Å². The number of rotatable bonds is 5. The van der Waals surface area contributed by atoms with E-state index in [1.807, 2.05) is 48.5 Å². The molecule has 0 saturated heterocycles. The first-order valence-corrected chi connectivity index (χ1v) is 10.2. The van der Waals surface area contributed by atoms with E-state index < -0.39 is 0 Å². The van der Waals surface area contributed by atoms with Crippen molar-refractivity contribution in [3.05, 3.63) is 124 Å². The Morgan fingerprint density at radius 3 is 2.10 bits per heavy atom. The first-order valence-electron chi connectivity index (χ1n) is 9.39. The van der Waals surface area contributed by atoms with Crippen molar-refractivity contribution in [2.45, 2.75) is 16.7 Å². The Morgan fingerprint density at radius 2 is 1.47 bits per heavy atom. The van der Waals surface area contributed by atoms with Gasteiger partial charge in [0.15, 0.2) is 5.78 Å². The second-order valence-electron chi connectivity index (χ2n) is 6.76. The molecule has 1 heterocycles. The third-order valence-electron chi connectivity index (χ3n) is 4.76. The molecule has 0 spiro atoms. The second kappa shape index (κ2) is 8.51. The Balaban J connectivity index is 1.91. The molecule has 0 aliphatic rings. The highest BCUT2D eigenvalue weighted by atomic mass is 32.2. The van der Waals surface area contributed by atoms with Crippen LogP contribution in [0.25, 0.3) is 5.69 Å². The summed E-state index contributed by atoms with van der Waals surface area (Å²) in [5, 5.41) is 0. The fourth-order valence-electron chi connectivity index (χ4n) is 3.17. The molecule has 0 N–H and O–H groups in total. The topological polar surface area (TPSA) is 39.1 Å². The van der Waals surface area contributed by atoms with Crippen LogP contribution in [0.4, 0.5) is 4.39 Å². The summed E-state index contributed by atoms with van der Waals surface area (Å²) in [7, 11) is 0. The number of para-hydroxylation sites is 1. The molecule has 4 aromatic rings. The number of hydrogen-bond donors (Lipinski definition) is 0. The fraction of sp³-hybridized carbons (Fsp3) is 0.0400. The van der Waals surface area contributed by atoms with E-state index in [4.69, 9.17) is 0 Å². The third-order valence-corrected chi connectivity index (χ3v) is 5.96. The highest BCUT2D eigenvalue weighted by Gasteiger charge is 2.20. The van der Waals surface area contributed by atoms with E-state index in [0.717, 1.165) is 4.90 Å². The minimum atomic E-state index is -0.342. The van der Waals surface area contributed by atoms with Crippen LogP contribution < -0.4 is 5.56 Å². The molecule has 30 heavy (non-hydrogen) atoms. The highest BCUT2D eigenvalue weighted by Crippen LogP contribution is 2.30. The van der Waals surface area contributed by atoms with Crippen LogP contribution in [0, 0.1) is 12.7 Å². The molecule has 0 radical (unpaired) electrons. The molecule has 148 valence electrons. The molecule has 0 amide bonds. The zero-order chi connectivity index (χ0) is 21.1. The van der Waals surface area contributed by atoms with Gasteiger partial charge in [-0.1, -0.05) is 60.3 Å². The summed E-state index contributed by atoms with van der Waals surface area (Å²) in [5.41, 5.74) is 2.06. The molecule has 0 aliphatic carbocycles. The van der Waals surface area contributed by atoms with Crippen molar-refractivity contribution in [1.29, 1.82) is 0 Å². The minimum absolute atomic E-state index is 0.154. The van der Waals surface area contributed by atoms with E-state index in [0.29, 0.717) is 27.3 Å². The van der Waals surface area contributed by atoms with Gasteiger partial charge in [0, 0.05) is 27.9 Å². The lowest BCUT2D eigenvalue weighted by Crippen LogP contribution is -2.23. The average molecular weight is 415 g/mol. The molecule has 3 nitrogen and oxygen atoms in total. The summed E-state index contributed by atoms with van der Waals surface area (Å²) in [6.07, 6.45) is 1.61. The number of carbonyl (C=O) groups is 1. The van der Waals surface area contributed by atoms with Crippen LogP contribution in [-0.2, 0) is 0 Å². The number of ketones is 1. The molecule has 0 aliphatic heterocycles. The molecule has 0 fully saturated rings. The lowest BCUT2D eigenvalue weighted by atomic mass is 10.0. The van der Waals surface area contributed by atoms with Gasteiger partial charge in [-0.3, -0.25) is 14.2 Å². The quantitative estimate of drug-likeness (QED) is 0.395. The van der Waals surface area contributed by atoms with Crippen molar-refractivity contribution < 1.29 is 9.18 Å². The maximum atomic E-state index is 13.3. The summed E-state index contributed by atoms with van der Waals surface area (Å²) in [6, 6.07) is 24.1. The predicted octanol–water partition coefficient (Wildman–Crippen LogP) is 5.67. The monoisotopic (exact) mass is 415 g/mol. The average Bonchev–Trinajstić information content (AvgIpc) is 2.79. The summed E-state index contributed by atoms with van der Waals surface area (Å²) < 4.78 is 14.8. The minimum Gasteiger partial charge on any atom is -0.289 e. The van der Waals surface area contributed by atoms with Crippen molar-refractivity contribution in [3.8, 4) is 5.69 Å². The second-order valence-corrected chi connectivity index (χ2v) is 7.84. The van der Waals surface area contributed by atoms with Gasteiger partial charge >= 0.3 is 0 Å². The molecule has 0 unspecified atom stereocenters. The van der Waals surface area contributed by atoms with Crippen LogP contribution in [0.5, 0.6) is 0 Å². The van der Waals surface area contributed by atoms with Gasteiger partial charge in [0.05, 0.1) is 4.90 Å². The predicted molar refractivity (Wildman–Crippen MR) is 117 cm³/mol. The van der Waals surface area contributed by atoms with Gasteiger partial charge in [0.1, 0.15) is 5.82 Å². The number of halogens is 1. The SMILES string of the molecule is Cc1c(C(=O)c2ccccc2)cn(-c2ccccc2)c(=O)c1Sc1ccc(F)cc1. The van der Waals surface area contributed by atoms with Gasteiger partial charge in [-0.15, -0.1) is 0 Å². The first-order chi connectivity index (χ1) is 14.5. The van der Waals surface area contributed by atoms with Gasteiger partial charge in [0.2, 0.25) is 0 Å². The number of benzene rings is 3. The summed E-state index contributed by atoms with van der Waals surface area (Å²) in [4.78, 5) is 27.7. The van der Waals surface area contributed by atoms with Crippen molar-refractivity contribution in [2.75, 3.05) is 0 Å². The number of pyridine rings is 1. The zero-order valence-corrected chi connectivity index (χ0v) is 17.0. The summed E-state index contributed by atoms with van der Waals surface area (Å²) in [6.45, 7) is 1.78. The van der Waals surface area contributed by atoms with Crippen LogP contribution >= 0.6 is 11.8 Å². The van der Waals surface area contributed by atoms with Crippen LogP contribution in [-0.4, -0.2) is 10.4 Å². The Bertz CT molecular complexity index is 1250. The molecule has 0 atom stereocenters. The largest absolute Gasteiger partial charge is 0.289 e. The van der Waals surface area contributed by atoms with Gasteiger partial charge < -0.3 is 0 Å². The van der Waals surface area contributed by atoms with E-state index in [1.54, 1.807) is 37.4 Å². The van der Waals surface area contributed by atoms with Crippen molar-refractivity contribution >= 4 is 17.5 Å². The lowest BCUT2D eigenvalue weighted by molar-refractivity contribution is 0.103. The van der Waals surface area contributed by atoms with E-state index in [2.05, 4.69) is 0 Å². The van der Waals surface area contributed by atoms with Crippen molar-refractivity contribution in [3.63, 3.8) is 0 Å². The summed E-state index contributed by atoms with van der Waals surface area (Å²) in [5.74, 6) is -0.496. The van der Waals surface area contributed by atoms with Gasteiger partial charge in [-0.05, 0) is 48.9 Å². The Morgan fingerprint density at radius 1 is 0.867 bits per heavy atom. The van der Waals surface area contributed by atoms with Crippen molar-refractivity contribution in [1.82, 2.24) is 4.57 Å². The van der Waals surface area contributed by atoms with E-state index in [1.165, 1.54) is 28.5 Å². The third kappa shape index (κ3) is 3.98. The molecule has 5 heteroatoms. The molecule has 1 aromatic heterocycles. The molecular formula is C25H18FNO2S. The highest BCUT2D eigenvalue weighted by molar-refractivity contribution is 7.99. The number of nitrogens with zero attached hydrogens (tertiary/aromatic N) is 1. The fourth-order valence-corrected chi connectivity index (χ4v) is 4.13. The maximum absolute atomic E-state index is 13.3. The first kappa shape index (κ1) is 19.9. The normalized spacial score (nSPS) is 10.7. The molecule has 3 aromatic carbocycles. The maximum Gasteiger partial charge on any atom is 0.269 e. The number of carbonyl (C=O) groups excluding carboxylic acids is 1. The van der Waals surface area contributed by atoms with Gasteiger partial charge in [-0.25, -0.2) is 4.39 Å². The molecule has 0 saturated carbocycles. The van der Waals surface area contributed by atoms with E-state index >= 15 is 0 Å². The smallest absolute Gasteiger partial charge is 0.269 e. The molecule has 0 bridgehead atoms. The van der Waals surface area contributed by atoms with Crippen LogP contribution in [0.15, 0.2) is 106 Å². The van der Waals surface area contributed by atoms with Crippen LogP contribution in [0.1, 0.15) is 21.5 Å². The molecule has 4 rings (SSSR count). The van der Waals surface area contributed by atoms with E-state index in [-0.39, 0.29) is 17.2 Å². The van der Waals surface area contributed by atoms with Gasteiger partial charge in [-0.2, -0.15) is 0 Å². The number of aromatic nitrogens is 1. The summed E-state index contributed by atoms with van der Waals surface area (Å²) >= 11 is 1.23. The zero-order valence-electron chi connectivity index (χ0n) is 16.2. The van der Waals surface area contributed by atoms with Crippen LogP contribution in [0.3, 0.4) is 0 Å². The standard InChI is InChI=1S/C25H18FNO2S/c1-17-22(23(28)18-8-4-2-5-9-18)16-27(20-10-6-3-7-11-20)25(29)24(17)30-21-14-12-19(26)13-15-21/h2-16H,1H3. The van der Waals surface area contributed by atoms with Crippen molar-refractivity contribution in [2.24, 2.45) is 0 Å². The van der Waals surface area contributed by atoms with E-state index in [9.17, 15) is 14.0 Å².